The highest BCUT2D eigenvalue weighted by Gasteiger charge is 2.22. The van der Waals surface area contributed by atoms with Crippen molar-refractivity contribution in [2.45, 2.75) is 6.92 Å². The van der Waals surface area contributed by atoms with Crippen LogP contribution < -0.4 is 27.3 Å². The average Bonchev–Trinajstić information content (AvgIpc) is 3.61. The smallest absolute Gasteiger partial charge is 0.359 e. The number of nitrogens with two attached hydrogens (primary N) is 2. The van der Waals surface area contributed by atoms with Crippen molar-refractivity contribution in [3.8, 4) is 17.1 Å². The van der Waals surface area contributed by atoms with E-state index in [2.05, 4.69) is 10.2 Å². The van der Waals surface area contributed by atoms with Gasteiger partial charge < -0.3 is 26.0 Å². The number of fused-ring (bicyclic) bond motifs is 2. The molecule has 0 radical (unpaired) electrons. The Morgan fingerprint density at radius 1 is 0.841 bits per heavy atom. The van der Waals surface area contributed by atoms with E-state index in [1.165, 1.54) is 23.8 Å². The molecule has 0 fully saturated rings. The van der Waals surface area contributed by atoms with E-state index in [9.17, 15) is 24.3 Å². The number of carbonyl (C=O) groups is 2. The largest absolute Gasteiger partial charge is 0.497 e. The van der Waals surface area contributed by atoms with Gasteiger partial charge in [0, 0.05) is 27.6 Å². The number of carboxylic acid groups (broad SMARTS) is 1. The van der Waals surface area contributed by atoms with Crippen molar-refractivity contribution in [2.75, 3.05) is 25.2 Å². The van der Waals surface area contributed by atoms with Crippen molar-refractivity contribution in [2.24, 2.45) is 0 Å². The summed E-state index contributed by atoms with van der Waals surface area (Å²) in [5.41, 5.74) is 11.7. The summed E-state index contributed by atoms with van der Waals surface area (Å²) in [6.07, 6.45) is 0. The number of esters is 1. The van der Waals surface area contributed by atoms with Gasteiger partial charge in [0.1, 0.15) is 5.75 Å². The van der Waals surface area contributed by atoms with Crippen LogP contribution in [0.2, 0.25) is 0 Å². The number of rotatable bonds is 6. The Kier molecular flexibility index (Phi) is 8.41. The number of carbonyl (C=O) groups excluding carboxylic acids is 1. The number of thiophene rings is 2. The molecule has 0 bridgehead atoms. The molecule has 6 aromatic rings. The minimum atomic E-state index is -1.20. The van der Waals surface area contributed by atoms with E-state index < -0.39 is 23.1 Å². The summed E-state index contributed by atoms with van der Waals surface area (Å²) in [5.74, 6) is -1.23. The molecule has 4 heterocycles. The molecule has 0 spiro atoms. The van der Waals surface area contributed by atoms with Gasteiger partial charge in [-0.05, 0) is 31.2 Å². The third kappa shape index (κ3) is 5.48. The standard InChI is InChI=1S/C16H15N3O4S.C13H9N3O3S/c1-3-23-16(21)13-11-8-24-14(17)12(11)15(20)19(18-13)9-5-4-6-10(7-9)22-2;14-11-9-8(6-20-11)10(13(18)19)15-16(12(9)17)7-4-2-1-3-5-7/h4-8H,3,17H2,1-2H3;1-6H,14H2,(H,18,19). The zero-order valence-corrected chi connectivity index (χ0v) is 24.8. The zero-order valence-electron chi connectivity index (χ0n) is 23.2. The monoisotopic (exact) mass is 632 g/mol. The van der Waals surface area contributed by atoms with Crippen molar-refractivity contribution >= 4 is 66.2 Å². The lowest BCUT2D eigenvalue weighted by Crippen LogP contribution is -2.25. The maximum Gasteiger partial charge on any atom is 0.359 e. The Labute approximate surface area is 256 Å². The number of nitrogens with zero attached hydrogens (tertiary/aromatic N) is 4. The Balaban J connectivity index is 0.000000177. The van der Waals surface area contributed by atoms with Crippen LogP contribution in [0.3, 0.4) is 0 Å². The molecule has 4 aromatic heterocycles. The molecule has 0 atom stereocenters. The second-order valence-corrected chi connectivity index (χ2v) is 10.8. The molecule has 6 rings (SSSR count). The van der Waals surface area contributed by atoms with Crippen molar-refractivity contribution in [1.82, 2.24) is 19.6 Å². The second-order valence-electron chi connectivity index (χ2n) is 8.97. The van der Waals surface area contributed by atoms with E-state index >= 15 is 0 Å². The molecular weight excluding hydrogens is 608 g/mol. The highest BCUT2D eigenvalue weighted by molar-refractivity contribution is 7.16. The van der Waals surface area contributed by atoms with Crippen LogP contribution in [0.25, 0.3) is 32.9 Å². The molecular formula is C29H24N6O7S2. The van der Waals surface area contributed by atoms with Crippen LogP contribution in [0.15, 0.2) is 74.9 Å². The molecule has 0 saturated heterocycles. The van der Waals surface area contributed by atoms with Gasteiger partial charge in [-0.15, -0.1) is 22.7 Å². The molecule has 44 heavy (non-hydrogen) atoms. The van der Waals surface area contributed by atoms with Gasteiger partial charge in [0.15, 0.2) is 11.4 Å². The van der Waals surface area contributed by atoms with Gasteiger partial charge in [-0.3, -0.25) is 9.59 Å². The van der Waals surface area contributed by atoms with E-state index in [0.29, 0.717) is 32.5 Å². The lowest BCUT2D eigenvalue weighted by atomic mass is 10.2. The van der Waals surface area contributed by atoms with Crippen molar-refractivity contribution < 1.29 is 24.2 Å². The summed E-state index contributed by atoms with van der Waals surface area (Å²) < 4.78 is 12.4. The third-order valence-electron chi connectivity index (χ3n) is 6.33. The molecule has 5 N–H and O–H groups in total. The molecule has 0 aliphatic rings. The van der Waals surface area contributed by atoms with Gasteiger partial charge in [0.2, 0.25) is 0 Å². The first-order chi connectivity index (χ1) is 21.2. The summed E-state index contributed by atoms with van der Waals surface area (Å²) >= 11 is 2.31. The Bertz CT molecular complexity index is 2150. The Hall–Kier alpha value is -5.54. The van der Waals surface area contributed by atoms with E-state index in [0.717, 1.165) is 20.7 Å². The molecule has 0 aliphatic heterocycles. The van der Waals surface area contributed by atoms with Gasteiger partial charge in [-0.25, -0.2) is 9.59 Å². The Morgan fingerprint density at radius 2 is 1.39 bits per heavy atom. The first kappa shape index (κ1) is 29.9. The number of aromatic carboxylic acids is 1. The van der Waals surface area contributed by atoms with Crippen molar-refractivity contribution in [1.29, 1.82) is 0 Å². The quantitative estimate of drug-likeness (QED) is 0.225. The van der Waals surface area contributed by atoms with Crippen molar-refractivity contribution in [3.05, 3.63) is 97.5 Å². The van der Waals surface area contributed by atoms with Crippen LogP contribution in [0.4, 0.5) is 10.0 Å². The predicted octanol–water partition coefficient (Wildman–Crippen LogP) is 3.94. The number of hydrogen-bond acceptors (Lipinski definition) is 12. The van der Waals surface area contributed by atoms with Gasteiger partial charge in [-0.1, -0.05) is 24.3 Å². The van der Waals surface area contributed by atoms with Gasteiger partial charge >= 0.3 is 11.9 Å². The normalized spacial score (nSPS) is 10.8. The van der Waals surface area contributed by atoms with E-state index in [1.807, 2.05) is 0 Å². The van der Waals surface area contributed by atoms with Gasteiger partial charge in [0.25, 0.3) is 11.1 Å². The number of nitrogen functional groups attached to an aromatic ring is 2. The first-order valence-corrected chi connectivity index (χ1v) is 14.6. The third-order valence-corrected chi connectivity index (χ3v) is 7.95. The summed E-state index contributed by atoms with van der Waals surface area (Å²) in [6, 6.07) is 15.5. The number of benzene rings is 2. The number of methoxy groups -OCH3 is 1. The fourth-order valence-electron chi connectivity index (χ4n) is 4.32. The molecule has 13 nitrogen and oxygen atoms in total. The van der Waals surface area contributed by atoms with Crippen LogP contribution in [0.5, 0.6) is 5.75 Å². The highest BCUT2D eigenvalue weighted by atomic mass is 32.1. The lowest BCUT2D eigenvalue weighted by Gasteiger charge is -2.10. The summed E-state index contributed by atoms with van der Waals surface area (Å²) in [7, 11) is 1.53. The molecule has 224 valence electrons. The minimum Gasteiger partial charge on any atom is -0.497 e. The van der Waals surface area contributed by atoms with Crippen LogP contribution in [0.1, 0.15) is 27.9 Å². The number of anilines is 2. The molecule has 0 amide bonds. The fourth-order valence-corrected chi connectivity index (χ4v) is 5.89. The van der Waals surface area contributed by atoms with Gasteiger partial charge in [0.05, 0.1) is 45.9 Å². The van der Waals surface area contributed by atoms with Crippen LogP contribution in [-0.2, 0) is 4.74 Å². The number of para-hydroxylation sites is 1. The summed E-state index contributed by atoms with van der Waals surface area (Å²) in [5, 5.41) is 22.3. The molecule has 0 saturated carbocycles. The maximum absolute atomic E-state index is 12.8. The number of carboxylic acids is 1. The van der Waals surface area contributed by atoms with E-state index in [4.69, 9.17) is 20.9 Å². The molecule has 0 unspecified atom stereocenters. The second kappa shape index (κ2) is 12.4. The van der Waals surface area contributed by atoms with Crippen molar-refractivity contribution in [3.63, 3.8) is 0 Å². The topological polar surface area (TPSA) is 195 Å². The summed E-state index contributed by atoms with van der Waals surface area (Å²) in [6.45, 7) is 1.91. The van der Waals surface area contributed by atoms with E-state index in [-0.39, 0.29) is 34.2 Å². The average molecular weight is 633 g/mol. The molecule has 15 heteroatoms. The maximum atomic E-state index is 12.8. The SMILES string of the molecule is CCOC(=O)c1nn(-c2cccc(OC)c2)c(=O)c2c(N)scc12.Nc1scc2c(C(=O)O)nn(-c3ccccc3)c(=O)c12. The number of aromatic nitrogens is 4. The first-order valence-electron chi connectivity index (χ1n) is 12.9. The van der Waals surface area contributed by atoms with Crippen LogP contribution >= 0.6 is 22.7 Å². The summed E-state index contributed by atoms with van der Waals surface area (Å²) in [4.78, 5) is 48.7. The van der Waals surface area contributed by atoms with Crippen LogP contribution in [-0.4, -0.2) is 50.3 Å². The Morgan fingerprint density at radius 3 is 1.95 bits per heavy atom. The lowest BCUT2D eigenvalue weighted by molar-refractivity contribution is 0.0519. The van der Waals surface area contributed by atoms with Gasteiger partial charge in [-0.2, -0.15) is 19.6 Å². The number of hydrogen-bond donors (Lipinski definition) is 3. The highest BCUT2D eigenvalue weighted by Crippen LogP contribution is 2.29. The fraction of sp³-hybridized carbons (Fsp3) is 0.103. The zero-order chi connectivity index (χ0) is 31.5. The predicted molar refractivity (Wildman–Crippen MR) is 169 cm³/mol. The molecule has 2 aromatic carbocycles. The number of ether oxygens (including phenoxy) is 2. The molecule has 0 aliphatic carbocycles. The minimum absolute atomic E-state index is 0.0576. The van der Waals surface area contributed by atoms with E-state index in [1.54, 1.807) is 66.9 Å². The van der Waals surface area contributed by atoms with Crippen LogP contribution in [0, 0.1) is 0 Å².